The van der Waals surface area contributed by atoms with Crippen LogP contribution >= 0.6 is 0 Å². The van der Waals surface area contributed by atoms with Crippen LogP contribution in [0.2, 0.25) is 0 Å². The molecule has 5 rings (SSSR count). The van der Waals surface area contributed by atoms with Crippen molar-refractivity contribution in [3.8, 4) is 0 Å². The molecule has 5 nitrogen and oxygen atoms in total. The van der Waals surface area contributed by atoms with Gasteiger partial charge in [-0.2, -0.15) is 0 Å². The van der Waals surface area contributed by atoms with Gasteiger partial charge in [-0.25, -0.2) is 0 Å². The third-order valence-corrected chi connectivity index (χ3v) is 8.03. The maximum Gasteiger partial charge on any atom is 0.225 e. The summed E-state index contributed by atoms with van der Waals surface area (Å²) in [7, 11) is 0. The average Bonchev–Trinajstić information content (AvgIpc) is 3.23. The number of piperazine rings is 1. The summed E-state index contributed by atoms with van der Waals surface area (Å²) in [5, 5.41) is 1.31. The van der Waals surface area contributed by atoms with Crippen LogP contribution in [0, 0.1) is 12.8 Å². The van der Waals surface area contributed by atoms with Gasteiger partial charge in [-0.3, -0.25) is 14.6 Å². The molecular formula is C30H40N4O. The molecular weight excluding hydrogens is 432 g/mol. The van der Waals surface area contributed by atoms with Gasteiger partial charge >= 0.3 is 0 Å². The summed E-state index contributed by atoms with van der Waals surface area (Å²) in [6.07, 6.45) is 3.15. The lowest BCUT2D eigenvalue weighted by Crippen LogP contribution is -2.51. The Hall–Kier alpha value is -2.63. The van der Waals surface area contributed by atoms with Crippen LogP contribution in [0.5, 0.6) is 0 Å². The van der Waals surface area contributed by atoms with Gasteiger partial charge in [0.1, 0.15) is 0 Å². The van der Waals surface area contributed by atoms with E-state index in [0.29, 0.717) is 5.91 Å². The molecule has 0 atom stereocenters. The van der Waals surface area contributed by atoms with Gasteiger partial charge in [-0.05, 0) is 74.5 Å². The molecule has 186 valence electrons. The highest BCUT2D eigenvalue weighted by Gasteiger charge is 2.30. The number of para-hydroxylation sites is 1. The van der Waals surface area contributed by atoms with Crippen molar-refractivity contribution in [3.63, 3.8) is 0 Å². The Bertz CT molecular complexity index is 1140. The van der Waals surface area contributed by atoms with E-state index in [4.69, 9.17) is 0 Å². The van der Waals surface area contributed by atoms with Crippen molar-refractivity contribution in [2.45, 2.75) is 46.2 Å². The van der Waals surface area contributed by atoms with E-state index < -0.39 is 0 Å². The van der Waals surface area contributed by atoms with Gasteiger partial charge in [-0.1, -0.05) is 49.4 Å². The van der Waals surface area contributed by atoms with Crippen molar-refractivity contribution in [2.24, 2.45) is 5.92 Å². The highest BCUT2D eigenvalue weighted by molar-refractivity contribution is 5.81. The SMILES string of the molecule is CCCN1CCN(C(=O)C2CCN(Cc3cc4ccccc4n3Cc3ccccc3C)CC2)CC1. The van der Waals surface area contributed by atoms with Crippen LogP contribution in [0.3, 0.4) is 0 Å². The Morgan fingerprint density at radius 3 is 2.31 bits per heavy atom. The van der Waals surface area contributed by atoms with Crippen molar-refractivity contribution in [1.82, 2.24) is 19.3 Å². The zero-order valence-corrected chi connectivity index (χ0v) is 21.5. The normalized spacial score (nSPS) is 18.4. The predicted molar refractivity (Wildman–Crippen MR) is 144 cm³/mol. The zero-order chi connectivity index (χ0) is 24.2. The quantitative estimate of drug-likeness (QED) is 0.497. The number of likely N-dealkylation sites (tertiary alicyclic amines) is 1. The molecule has 3 aromatic rings. The molecule has 2 saturated heterocycles. The van der Waals surface area contributed by atoms with Crippen LogP contribution in [0.1, 0.15) is 43.0 Å². The molecule has 2 aliphatic rings. The molecule has 1 aromatic heterocycles. The van der Waals surface area contributed by atoms with Crippen LogP contribution in [-0.4, -0.2) is 71.0 Å². The molecule has 3 heterocycles. The third kappa shape index (κ3) is 5.46. The number of carbonyl (C=O) groups excluding carboxylic acids is 1. The second-order valence-electron chi connectivity index (χ2n) is 10.4. The minimum Gasteiger partial charge on any atom is -0.340 e. The van der Waals surface area contributed by atoms with Crippen LogP contribution in [-0.2, 0) is 17.9 Å². The molecule has 35 heavy (non-hydrogen) atoms. The van der Waals surface area contributed by atoms with Crippen LogP contribution in [0.4, 0.5) is 0 Å². The van der Waals surface area contributed by atoms with Gasteiger partial charge in [0.2, 0.25) is 5.91 Å². The standard InChI is InChI=1S/C30H40N4O/c1-3-14-31-17-19-33(20-18-31)30(35)25-12-15-32(16-13-25)23-28-21-26-9-6-7-11-29(26)34(28)22-27-10-5-4-8-24(27)2/h4-11,21,25H,3,12-20,22-23H2,1-2H3. The number of hydrogen-bond donors (Lipinski definition) is 0. The number of fused-ring (bicyclic) bond motifs is 1. The maximum atomic E-state index is 13.2. The minimum atomic E-state index is 0.196. The number of hydrogen-bond acceptors (Lipinski definition) is 3. The molecule has 0 N–H and O–H groups in total. The summed E-state index contributed by atoms with van der Waals surface area (Å²) in [4.78, 5) is 20.3. The minimum absolute atomic E-state index is 0.196. The van der Waals surface area contributed by atoms with Crippen LogP contribution in [0.15, 0.2) is 54.6 Å². The Labute approximate surface area is 210 Å². The molecule has 5 heteroatoms. The molecule has 0 saturated carbocycles. The first-order chi connectivity index (χ1) is 17.1. The number of nitrogens with zero attached hydrogens (tertiary/aromatic N) is 4. The van der Waals surface area contributed by atoms with E-state index in [1.165, 1.54) is 34.1 Å². The first kappa shape index (κ1) is 24.1. The Balaban J connectivity index is 1.22. The van der Waals surface area contributed by atoms with E-state index in [2.05, 4.69) is 87.7 Å². The number of aryl methyl sites for hydroxylation is 1. The van der Waals surface area contributed by atoms with E-state index in [0.717, 1.165) is 71.7 Å². The molecule has 0 radical (unpaired) electrons. The Morgan fingerprint density at radius 1 is 0.857 bits per heavy atom. The largest absolute Gasteiger partial charge is 0.340 e. The van der Waals surface area contributed by atoms with E-state index in [-0.39, 0.29) is 5.92 Å². The summed E-state index contributed by atoms with van der Waals surface area (Å²) in [5.41, 5.74) is 5.38. The number of aromatic nitrogens is 1. The Morgan fingerprint density at radius 2 is 1.57 bits per heavy atom. The van der Waals surface area contributed by atoms with Crippen molar-refractivity contribution in [3.05, 3.63) is 71.4 Å². The van der Waals surface area contributed by atoms with Gasteiger partial charge in [0.05, 0.1) is 0 Å². The van der Waals surface area contributed by atoms with Crippen LogP contribution in [0.25, 0.3) is 10.9 Å². The van der Waals surface area contributed by atoms with E-state index in [9.17, 15) is 4.79 Å². The lowest BCUT2D eigenvalue weighted by Gasteiger charge is -2.38. The number of rotatable bonds is 7. The fourth-order valence-electron chi connectivity index (χ4n) is 5.88. The second kappa shape index (κ2) is 11.0. The van der Waals surface area contributed by atoms with Gasteiger partial charge < -0.3 is 9.47 Å². The topological polar surface area (TPSA) is 31.7 Å². The summed E-state index contributed by atoms with van der Waals surface area (Å²) >= 11 is 0. The Kier molecular flexibility index (Phi) is 7.54. The highest BCUT2D eigenvalue weighted by atomic mass is 16.2. The van der Waals surface area contributed by atoms with Gasteiger partial charge in [-0.15, -0.1) is 0 Å². The lowest BCUT2D eigenvalue weighted by atomic mass is 9.95. The smallest absolute Gasteiger partial charge is 0.225 e. The second-order valence-corrected chi connectivity index (χ2v) is 10.4. The van der Waals surface area contributed by atoms with E-state index in [1.807, 2.05) is 0 Å². The summed E-state index contributed by atoms with van der Waals surface area (Å²) < 4.78 is 2.49. The highest BCUT2D eigenvalue weighted by Crippen LogP contribution is 2.26. The molecule has 2 aliphatic heterocycles. The fourth-order valence-corrected chi connectivity index (χ4v) is 5.88. The number of carbonyl (C=O) groups is 1. The first-order valence-electron chi connectivity index (χ1n) is 13.5. The van der Waals surface area contributed by atoms with Gasteiger partial charge in [0.25, 0.3) is 0 Å². The summed E-state index contributed by atoms with van der Waals surface area (Å²) in [6.45, 7) is 13.3. The first-order valence-corrected chi connectivity index (χ1v) is 13.5. The van der Waals surface area contributed by atoms with Crippen molar-refractivity contribution in [2.75, 3.05) is 45.8 Å². The number of piperidine rings is 1. The number of amides is 1. The van der Waals surface area contributed by atoms with Crippen LogP contribution < -0.4 is 0 Å². The van der Waals surface area contributed by atoms with Gasteiger partial charge in [0.15, 0.2) is 0 Å². The monoisotopic (exact) mass is 472 g/mol. The lowest BCUT2D eigenvalue weighted by molar-refractivity contribution is -0.138. The van der Waals surface area contributed by atoms with Gasteiger partial charge in [0, 0.05) is 56.4 Å². The van der Waals surface area contributed by atoms with Crippen molar-refractivity contribution in [1.29, 1.82) is 0 Å². The molecule has 0 spiro atoms. The van der Waals surface area contributed by atoms with Crippen molar-refractivity contribution < 1.29 is 4.79 Å². The zero-order valence-electron chi connectivity index (χ0n) is 21.5. The molecule has 2 aromatic carbocycles. The molecule has 2 fully saturated rings. The molecule has 0 aliphatic carbocycles. The van der Waals surface area contributed by atoms with E-state index >= 15 is 0 Å². The number of benzene rings is 2. The fraction of sp³-hybridized carbons (Fsp3) is 0.500. The average molecular weight is 473 g/mol. The molecule has 0 bridgehead atoms. The summed E-state index contributed by atoms with van der Waals surface area (Å²) in [5.74, 6) is 0.594. The third-order valence-electron chi connectivity index (χ3n) is 8.03. The predicted octanol–water partition coefficient (Wildman–Crippen LogP) is 4.76. The maximum absolute atomic E-state index is 13.2. The molecule has 0 unspecified atom stereocenters. The van der Waals surface area contributed by atoms with E-state index in [1.54, 1.807) is 0 Å². The van der Waals surface area contributed by atoms with Crippen molar-refractivity contribution >= 4 is 16.8 Å². The molecule has 1 amide bonds. The summed E-state index contributed by atoms with van der Waals surface area (Å²) in [6, 6.07) is 19.8.